The summed E-state index contributed by atoms with van der Waals surface area (Å²) in [5, 5.41) is 5.32. The lowest BCUT2D eigenvalue weighted by atomic mass is 10.2. The molecule has 1 unspecified atom stereocenters. The highest BCUT2D eigenvalue weighted by atomic mass is 32.2. The summed E-state index contributed by atoms with van der Waals surface area (Å²) in [6, 6.07) is 8.99. The molecule has 1 atom stereocenters. The van der Waals surface area contributed by atoms with E-state index < -0.39 is 11.3 Å². The molecule has 2 heterocycles. The van der Waals surface area contributed by atoms with E-state index in [4.69, 9.17) is 9.15 Å². The van der Waals surface area contributed by atoms with Crippen molar-refractivity contribution in [3.05, 3.63) is 53.0 Å². The molecule has 1 aromatic carbocycles. The van der Waals surface area contributed by atoms with Gasteiger partial charge in [0, 0.05) is 13.8 Å². The summed E-state index contributed by atoms with van der Waals surface area (Å²) in [5.41, 5.74) is 2.00. The van der Waals surface area contributed by atoms with Crippen molar-refractivity contribution in [3.8, 4) is 0 Å². The van der Waals surface area contributed by atoms with Gasteiger partial charge in [0.2, 0.25) is 11.8 Å². The van der Waals surface area contributed by atoms with Crippen LogP contribution in [0, 0.1) is 13.8 Å². The first kappa shape index (κ1) is 21.6. The molecule has 1 aliphatic heterocycles. The lowest BCUT2D eigenvalue weighted by Gasteiger charge is -2.20. The third-order valence-corrected chi connectivity index (χ3v) is 5.56. The van der Waals surface area contributed by atoms with Crippen molar-refractivity contribution < 1.29 is 23.5 Å². The Morgan fingerprint density at radius 2 is 1.87 bits per heavy atom. The number of thioether (sulfide) groups is 1. The van der Waals surface area contributed by atoms with Crippen molar-refractivity contribution in [2.75, 3.05) is 11.5 Å². The minimum Gasteiger partial charge on any atom is -0.462 e. The molecule has 1 aromatic heterocycles. The van der Waals surface area contributed by atoms with Crippen LogP contribution < -0.4 is 4.90 Å². The molecule has 0 fully saturated rings. The quantitative estimate of drug-likeness (QED) is 0.683. The summed E-state index contributed by atoms with van der Waals surface area (Å²) in [5.74, 6) is -0.280. The summed E-state index contributed by atoms with van der Waals surface area (Å²) < 4.78 is 10.8. The Labute approximate surface area is 178 Å². The molecule has 0 radical (unpaired) electrons. The van der Waals surface area contributed by atoms with Gasteiger partial charge < -0.3 is 9.15 Å². The minimum absolute atomic E-state index is 0.239. The molecule has 8 nitrogen and oxygen atoms in total. The zero-order valence-electron chi connectivity index (χ0n) is 17.5. The number of esters is 1. The Morgan fingerprint density at radius 1 is 1.20 bits per heavy atom. The smallest absolute Gasteiger partial charge is 0.341 e. The van der Waals surface area contributed by atoms with E-state index in [1.165, 1.54) is 35.5 Å². The van der Waals surface area contributed by atoms with Gasteiger partial charge in [-0.25, -0.2) is 9.80 Å². The molecule has 9 heteroatoms. The maximum atomic E-state index is 12.4. The standard InChI is InChI=1S/C21H23N3O5S/c1-6-28-20(27)17-11-18(29-13(17)3)19-24(15(5)26)22-21(30-19)23(14(4)25)16-9-7-12(2)8-10-16/h7-11,19H,6H2,1-5H3. The largest absolute Gasteiger partial charge is 0.462 e. The Balaban J connectivity index is 1.95. The Hall–Kier alpha value is -3.07. The van der Waals surface area contributed by atoms with E-state index in [0.29, 0.717) is 27.9 Å². The van der Waals surface area contributed by atoms with Crippen molar-refractivity contribution in [2.24, 2.45) is 5.10 Å². The van der Waals surface area contributed by atoms with Gasteiger partial charge >= 0.3 is 5.97 Å². The topological polar surface area (TPSA) is 92.4 Å². The second kappa shape index (κ2) is 8.74. The van der Waals surface area contributed by atoms with Crippen molar-refractivity contribution >= 4 is 40.4 Å². The zero-order chi connectivity index (χ0) is 22.0. The van der Waals surface area contributed by atoms with Crippen LogP contribution >= 0.6 is 11.8 Å². The number of carbonyl (C=O) groups is 3. The highest BCUT2D eigenvalue weighted by Gasteiger charge is 2.38. The van der Waals surface area contributed by atoms with Crippen molar-refractivity contribution in [3.63, 3.8) is 0 Å². The molecule has 30 heavy (non-hydrogen) atoms. The molecule has 0 N–H and O–H groups in total. The number of nitrogens with zero attached hydrogens (tertiary/aromatic N) is 3. The van der Waals surface area contributed by atoms with Gasteiger partial charge in [-0.2, -0.15) is 0 Å². The van der Waals surface area contributed by atoms with Crippen LogP contribution in [-0.2, 0) is 14.3 Å². The first-order chi connectivity index (χ1) is 14.2. The lowest BCUT2D eigenvalue weighted by molar-refractivity contribution is -0.129. The number of amidine groups is 1. The van der Waals surface area contributed by atoms with E-state index in [1.54, 1.807) is 19.9 Å². The van der Waals surface area contributed by atoms with Gasteiger partial charge in [0.05, 0.1) is 12.3 Å². The van der Waals surface area contributed by atoms with Gasteiger partial charge in [0.1, 0.15) is 17.1 Å². The molecule has 0 saturated heterocycles. The molecule has 158 valence electrons. The number of hydrogen-bond donors (Lipinski definition) is 0. The highest BCUT2D eigenvalue weighted by molar-refractivity contribution is 8.14. The number of carbonyl (C=O) groups excluding carboxylic acids is 3. The molecule has 2 aromatic rings. The summed E-state index contributed by atoms with van der Waals surface area (Å²) in [4.78, 5) is 38.2. The maximum Gasteiger partial charge on any atom is 0.341 e. The summed E-state index contributed by atoms with van der Waals surface area (Å²) in [6.45, 7) is 8.39. The Kier molecular flexibility index (Phi) is 6.31. The van der Waals surface area contributed by atoms with E-state index in [0.717, 1.165) is 5.56 Å². The second-order valence-electron chi connectivity index (χ2n) is 6.75. The summed E-state index contributed by atoms with van der Waals surface area (Å²) in [6.07, 6.45) is 0. The fraction of sp³-hybridized carbons (Fsp3) is 0.333. The van der Waals surface area contributed by atoms with Crippen molar-refractivity contribution in [1.29, 1.82) is 0 Å². The van der Waals surface area contributed by atoms with Gasteiger partial charge in [-0.05, 0) is 39.0 Å². The third kappa shape index (κ3) is 4.25. The normalized spacial score (nSPS) is 15.7. The number of anilines is 1. The van der Waals surface area contributed by atoms with Gasteiger partial charge in [0.25, 0.3) is 0 Å². The fourth-order valence-corrected chi connectivity index (χ4v) is 4.19. The van der Waals surface area contributed by atoms with Crippen LogP contribution in [0.25, 0.3) is 0 Å². The van der Waals surface area contributed by atoms with Gasteiger partial charge in [-0.15, -0.1) is 5.10 Å². The Bertz CT molecular complexity index is 1010. The number of amides is 2. The molecule has 2 amide bonds. The maximum absolute atomic E-state index is 12.4. The first-order valence-corrected chi connectivity index (χ1v) is 10.3. The molecular weight excluding hydrogens is 406 g/mol. The van der Waals surface area contributed by atoms with Crippen LogP contribution in [0.2, 0.25) is 0 Å². The number of hydrogen-bond acceptors (Lipinski definition) is 7. The molecule has 1 aliphatic rings. The summed E-state index contributed by atoms with van der Waals surface area (Å²) >= 11 is 1.20. The number of benzene rings is 1. The number of furan rings is 1. The summed E-state index contributed by atoms with van der Waals surface area (Å²) in [7, 11) is 0. The molecule has 0 saturated carbocycles. The van der Waals surface area contributed by atoms with Crippen LogP contribution in [-0.4, -0.2) is 34.6 Å². The zero-order valence-corrected chi connectivity index (χ0v) is 18.3. The van der Waals surface area contributed by atoms with E-state index in [1.807, 2.05) is 31.2 Å². The molecular formula is C21H23N3O5S. The van der Waals surface area contributed by atoms with E-state index in [-0.39, 0.29) is 18.4 Å². The molecule has 0 spiro atoms. The van der Waals surface area contributed by atoms with Crippen molar-refractivity contribution in [2.45, 2.75) is 40.0 Å². The van der Waals surface area contributed by atoms with Crippen LogP contribution in [0.4, 0.5) is 5.69 Å². The van der Waals surface area contributed by atoms with Crippen LogP contribution in [0.5, 0.6) is 0 Å². The molecule has 0 bridgehead atoms. The fourth-order valence-electron chi connectivity index (χ4n) is 2.99. The second-order valence-corrected chi connectivity index (χ2v) is 7.79. The van der Waals surface area contributed by atoms with Crippen LogP contribution in [0.15, 0.2) is 39.9 Å². The molecule has 0 aliphatic carbocycles. The average Bonchev–Trinajstić information content (AvgIpc) is 3.27. The SMILES string of the molecule is CCOC(=O)c1cc(C2SC(N(C(C)=O)c3ccc(C)cc3)=NN2C(C)=O)oc1C. The predicted molar refractivity (Wildman–Crippen MR) is 114 cm³/mol. The van der Waals surface area contributed by atoms with E-state index >= 15 is 0 Å². The minimum atomic E-state index is -0.647. The Morgan fingerprint density at radius 3 is 2.43 bits per heavy atom. The van der Waals surface area contributed by atoms with Gasteiger partial charge in [-0.3, -0.25) is 14.5 Å². The predicted octanol–water partition coefficient (Wildman–Crippen LogP) is 3.99. The molecule has 3 rings (SSSR count). The van der Waals surface area contributed by atoms with Crippen molar-refractivity contribution in [1.82, 2.24) is 5.01 Å². The van der Waals surface area contributed by atoms with E-state index in [2.05, 4.69) is 5.10 Å². The van der Waals surface area contributed by atoms with Gasteiger partial charge in [0.15, 0.2) is 10.5 Å². The average molecular weight is 429 g/mol. The van der Waals surface area contributed by atoms with E-state index in [9.17, 15) is 14.4 Å². The number of ether oxygens (including phenoxy) is 1. The van der Waals surface area contributed by atoms with Crippen LogP contribution in [0.3, 0.4) is 0 Å². The van der Waals surface area contributed by atoms with Gasteiger partial charge in [-0.1, -0.05) is 29.5 Å². The number of hydrazone groups is 1. The third-order valence-electron chi connectivity index (χ3n) is 4.43. The lowest BCUT2D eigenvalue weighted by Crippen LogP contribution is -2.32. The first-order valence-electron chi connectivity index (χ1n) is 9.42. The monoisotopic (exact) mass is 429 g/mol. The van der Waals surface area contributed by atoms with Crippen LogP contribution in [0.1, 0.15) is 53.6 Å². The highest BCUT2D eigenvalue weighted by Crippen LogP contribution is 2.42. The number of rotatable bonds is 4. The number of aryl methyl sites for hydroxylation is 2.